The van der Waals surface area contributed by atoms with Crippen LogP contribution in [0.1, 0.15) is 44.1 Å². The third-order valence-corrected chi connectivity index (χ3v) is 4.11. The van der Waals surface area contributed by atoms with Crippen molar-refractivity contribution in [3.8, 4) is 0 Å². The zero-order valence-corrected chi connectivity index (χ0v) is 14.0. The number of nitrogens with two attached hydrogens (primary N) is 1. The summed E-state index contributed by atoms with van der Waals surface area (Å²) in [6.07, 6.45) is 0. The maximum Gasteiger partial charge on any atom is 0.151 e. The van der Waals surface area contributed by atoms with E-state index >= 15 is 0 Å². The number of nitrogen functional groups attached to an aromatic ring is 1. The van der Waals surface area contributed by atoms with Crippen LogP contribution in [-0.4, -0.2) is 16.8 Å². The van der Waals surface area contributed by atoms with Crippen molar-refractivity contribution in [3.63, 3.8) is 0 Å². The van der Waals surface area contributed by atoms with Crippen LogP contribution in [0.25, 0.3) is 0 Å². The van der Waals surface area contributed by atoms with E-state index in [4.69, 9.17) is 17.3 Å². The van der Waals surface area contributed by atoms with E-state index in [1.54, 1.807) is 0 Å². The molecule has 0 radical (unpaired) electrons. The first-order chi connectivity index (χ1) is 9.82. The first kappa shape index (κ1) is 15.7. The van der Waals surface area contributed by atoms with Crippen LogP contribution < -0.4 is 10.6 Å². The molecular weight excluding hydrogens is 284 g/mol. The molecule has 1 heterocycles. The van der Waals surface area contributed by atoms with Gasteiger partial charge < -0.3 is 10.6 Å². The zero-order valence-electron chi connectivity index (χ0n) is 13.3. The highest BCUT2D eigenvalue weighted by Gasteiger charge is 2.22. The molecule has 0 saturated heterocycles. The van der Waals surface area contributed by atoms with Gasteiger partial charge in [-0.2, -0.15) is 5.10 Å². The Hall–Kier alpha value is -1.68. The lowest BCUT2D eigenvalue weighted by molar-refractivity contribution is 0.519. The molecule has 2 aromatic rings. The van der Waals surface area contributed by atoms with Crippen molar-refractivity contribution < 1.29 is 0 Å². The maximum absolute atomic E-state index is 6.24. The molecule has 0 spiro atoms. The summed E-state index contributed by atoms with van der Waals surface area (Å²) in [6.45, 7) is 8.31. The van der Waals surface area contributed by atoms with Gasteiger partial charge in [0.15, 0.2) is 5.82 Å². The van der Waals surface area contributed by atoms with Crippen molar-refractivity contribution in [1.29, 1.82) is 0 Å². The molecule has 1 aromatic heterocycles. The third kappa shape index (κ3) is 3.00. The fourth-order valence-electron chi connectivity index (χ4n) is 2.41. The van der Waals surface area contributed by atoms with E-state index in [1.807, 2.05) is 42.9 Å². The van der Waals surface area contributed by atoms with Crippen molar-refractivity contribution >= 4 is 23.1 Å². The lowest BCUT2D eigenvalue weighted by Gasteiger charge is -2.29. The smallest absolute Gasteiger partial charge is 0.151 e. The summed E-state index contributed by atoms with van der Waals surface area (Å²) in [7, 11) is 2.05. The molecule has 0 bridgehead atoms. The topological polar surface area (TPSA) is 47.1 Å². The van der Waals surface area contributed by atoms with E-state index in [-0.39, 0.29) is 12.1 Å². The standard InChI is InChI=1S/C16H23ClN4/c1-10(2)21-16(15(18)11(3)19-21)20(5)12(4)13-6-8-14(17)9-7-13/h6-10,12H,18H2,1-5H3. The van der Waals surface area contributed by atoms with Gasteiger partial charge >= 0.3 is 0 Å². The fraction of sp³-hybridized carbons (Fsp3) is 0.438. The molecule has 2 rings (SSSR count). The van der Waals surface area contributed by atoms with Gasteiger partial charge in [-0.15, -0.1) is 0 Å². The minimum Gasteiger partial charge on any atom is -0.394 e. The Morgan fingerprint density at radius 3 is 2.29 bits per heavy atom. The van der Waals surface area contributed by atoms with Gasteiger partial charge in [0.25, 0.3) is 0 Å². The van der Waals surface area contributed by atoms with Crippen molar-refractivity contribution in [2.75, 3.05) is 17.7 Å². The van der Waals surface area contributed by atoms with Crippen molar-refractivity contribution in [3.05, 3.63) is 40.5 Å². The average molecular weight is 307 g/mol. The Kier molecular flexibility index (Phi) is 4.47. The van der Waals surface area contributed by atoms with Gasteiger partial charge in [0.05, 0.1) is 17.4 Å². The summed E-state index contributed by atoms with van der Waals surface area (Å²) < 4.78 is 1.98. The highest BCUT2D eigenvalue weighted by molar-refractivity contribution is 6.30. The van der Waals surface area contributed by atoms with Crippen molar-refractivity contribution in [2.45, 2.75) is 39.8 Å². The molecule has 1 unspecified atom stereocenters. The normalized spacial score (nSPS) is 12.7. The number of aromatic nitrogens is 2. The van der Waals surface area contributed by atoms with Crippen LogP contribution in [0.4, 0.5) is 11.5 Å². The summed E-state index contributed by atoms with van der Waals surface area (Å²) >= 11 is 5.96. The van der Waals surface area contributed by atoms with E-state index in [9.17, 15) is 0 Å². The number of hydrogen-bond donors (Lipinski definition) is 1. The number of anilines is 2. The minimum atomic E-state index is 0.179. The summed E-state index contributed by atoms with van der Waals surface area (Å²) in [6, 6.07) is 8.35. The Morgan fingerprint density at radius 2 is 1.76 bits per heavy atom. The lowest BCUT2D eigenvalue weighted by Crippen LogP contribution is -2.26. The van der Waals surface area contributed by atoms with Crippen LogP contribution in [0.2, 0.25) is 5.02 Å². The second-order valence-electron chi connectivity index (χ2n) is 5.70. The number of nitrogens with zero attached hydrogens (tertiary/aromatic N) is 3. The maximum atomic E-state index is 6.24. The second kappa shape index (κ2) is 5.98. The van der Waals surface area contributed by atoms with Crippen LogP contribution in [0, 0.1) is 6.92 Å². The van der Waals surface area contributed by atoms with Gasteiger partial charge in [0.2, 0.25) is 0 Å². The van der Waals surface area contributed by atoms with Gasteiger partial charge in [0, 0.05) is 18.1 Å². The molecule has 21 heavy (non-hydrogen) atoms. The van der Waals surface area contributed by atoms with E-state index < -0.39 is 0 Å². The zero-order chi connectivity index (χ0) is 15.7. The third-order valence-electron chi connectivity index (χ3n) is 3.86. The molecule has 4 nitrogen and oxygen atoms in total. The molecule has 0 amide bonds. The Labute approximate surface area is 131 Å². The number of halogens is 1. The molecular formula is C16H23ClN4. The molecule has 0 fully saturated rings. The minimum absolute atomic E-state index is 0.179. The van der Waals surface area contributed by atoms with Crippen LogP contribution in [0.3, 0.4) is 0 Å². The molecule has 0 aliphatic heterocycles. The number of hydrogen-bond acceptors (Lipinski definition) is 3. The van der Waals surface area contributed by atoms with E-state index in [0.717, 1.165) is 22.2 Å². The first-order valence-corrected chi connectivity index (χ1v) is 7.53. The van der Waals surface area contributed by atoms with Crippen LogP contribution in [0.5, 0.6) is 0 Å². The highest BCUT2D eigenvalue weighted by atomic mass is 35.5. The Bertz CT molecular complexity index is 616. The monoisotopic (exact) mass is 306 g/mol. The predicted octanol–water partition coefficient (Wildman–Crippen LogP) is 4.21. The first-order valence-electron chi connectivity index (χ1n) is 7.15. The molecule has 1 aromatic carbocycles. The average Bonchev–Trinajstić information content (AvgIpc) is 2.74. The molecule has 1 atom stereocenters. The van der Waals surface area contributed by atoms with Gasteiger partial charge in [-0.3, -0.25) is 0 Å². The van der Waals surface area contributed by atoms with Crippen LogP contribution >= 0.6 is 11.6 Å². The van der Waals surface area contributed by atoms with Gasteiger partial charge in [-0.1, -0.05) is 23.7 Å². The summed E-state index contributed by atoms with van der Waals surface area (Å²) in [5, 5.41) is 5.30. The highest BCUT2D eigenvalue weighted by Crippen LogP contribution is 2.33. The summed E-state index contributed by atoms with van der Waals surface area (Å²) in [5.74, 6) is 0.963. The van der Waals surface area contributed by atoms with Gasteiger partial charge in [-0.25, -0.2) is 4.68 Å². The van der Waals surface area contributed by atoms with Crippen LogP contribution in [0.15, 0.2) is 24.3 Å². The number of rotatable bonds is 4. The van der Waals surface area contributed by atoms with E-state index in [0.29, 0.717) is 0 Å². The number of benzene rings is 1. The molecule has 0 aliphatic rings. The number of aryl methyl sites for hydroxylation is 1. The van der Waals surface area contributed by atoms with Crippen LogP contribution in [-0.2, 0) is 0 Å². The van der Waals surface area contributed by atoms with Crippen molar-refractivity contribution in [1.82, 2.24) is 9.78 Å². The predicted molar refractivity (Wildman–Crippen MR) is 90.0 cm³/mol. The van der Waals surface area contributed by atoms with Gasteiger partial charge in [0.1, 0.15) is 0 Å². The molecule has 5 heteroatoms. The second-order valence-corrected chi connectivity index (χ2v) is 6.14. The largest absolute Gasteiger partial charge is 0.394 e. The van der Waals surface area contributed by atoms with E-state index in [1.165, 1.54) is 5.56 Å². The van der Waals surface area contributed by atoms with Gasteiger partial charge in [-0.05, 0) is 45.4 Å². The fourth-order valence-corrected chi connectivity index (χ4v) is 2.53. The molecule has 0 aliphatic carbocycles. The molecule has 0 saturated carbocycles. The summed E-state index contributed by atoms with van der Waals surface area (Å²) in [5.41, 5.74) is 9.04. The SMILES string of the molecule is Cc1nn(C(C)C)c(N(C)C(C)c2ccc(Cl)cc2)c1N. The summed E-state index contributed by atoms with van der Waals surface area (Å²) in [4.78, 5) is 2.17. The Balaban J connectivity index is 2.39. The molecule has 2 N–H and O–H groups in total. The lowest BCUT2D eigenvalue weighted by atomic mass is 10.1. The Morgan fingerprint density at radius 1 is 1.19 bits per heavy atom. The quantitative estimate of drug-likeness (QED) is 0.920. The van der Waals surface area contributed by atoms with Crippen molar-refractivity contribution in [2.24, 2.45) is 0 Å². The van der Waals surface area contributed by atoms with E-state index in [2.05, 4.69) is 30.8 Å². The molecule has 114 valence electrons.